The first-order valence-corrected chi connectivity index (χ1v) is 11.4. The lowest BCUT2D eigenvalue weighted by Gasteiger charge is -2.31. The summed E-state index contributed by atoms with van der Waals surface area (Å²) in [5.74, 6) is 0.704. The maximum atomic E-state index is 12.9. The Hall–Kier alpha value is -3.35. The second-order valence-corrected chi connectivity index (χ2v) is 9.43. The Kier molecular flexibility index (Phi) is 6.17. The predicted octanol–water partition coefficient (Wildman–Crippen LogP) is 1.72. The van der Waals surface area contributed by atoms with E-state index in [1.165, 1.54) is 16.4 Å². The number of anilines is 1. The molecule has 0 unspecified atom stereocenters. The maximum Gasteiger partial charge on any atom is 0.293 e. The van der Waals surface area contributed by atoms with Gasteiger partial charge in [0.2, 0.25) is 10.0 Å². The number of pyridine rings is 1. The third-order valence-electron chi connectivity index (χ3n) is 5.33. The number of piperazine rings is 1. The minimum atomic E-state index is -3.79. The van der Waals surface area contributed by atoms with E-state index in [2.05, 4.69) is 15.3 Å². The van der Waals surface area contributed by atoms with Gasteiger partial charge in [0.15, 0.2) is 0 Å². The molecule has 0 atom stereocenters. The van der Waals surface area contributed by atoms with Crippen molar-refractivity contribution in [1.29, 1.82) is 0 Å². The zero-order valence-corrected chi connectivity index (χ0v) is 18.3. The second-order valence-electron chi connectivity index (χ2n) is 7.49. The Morgan fingerprint density at radius 2 is 1.94 bits per heavy atom. The van der Waals surface area contributed by atoms with Crippen LogP contribution in [0.25, 0.3) is 5.82 Å². The number of imidazole rings is 1. The number of sulfonamides is 1. The molecule has 1 fully saturated rings. The average molecular weight is 458 g/mol. The van der Waals surface area contributed by atoms with E-state index in [1.807, 2.05) is 24.1 Å². The van der Waals surface area contributed by atoms with E-state index >= 15 is 0 Å². The van der Waals surface area contributed by atoms with Crippen molar-refractivity contribution < 1.29 is 13.3 Å². The number of hydrogen-bond donors (Lipinski definition) is 1. The number of nitrogens with zero attached hydrogens (tertiary/aromatic N) is 6. The van der Waals surface area contributed by atoms with Gasteiger partial charge in [0.05, 0.1) is 9.82 Å². The molecule has 3 heterocycles. The highest BCUT2D eigenvalue weighted by Gasteiger charge is 2.29. The van der Waals surface area contributed by atoms with Crippen LogP contribution in [-0.2, 0) is 16.6 Å². The zero-order valence-electron chi connectivity index (χ0n) is 17.5. The van der Waals surface area contributed by atoms with Crippen molar-refractivity contribution in [2.75, 3.05) is 38.5 Å². The number of rotatable bonds is 7. The van der Waals surface area contributed by atoms with Gasteiger partial charge >= 0.3 is 0 Å². The lowest BCUT2D eigenvalue weighted by molar-refractivity contribution is -0.384. The van der Waals surface area contributed by atoms with Gasteiger partial charge < -0.3 is 10.2 Å². The van der Waals surface area contributed by atoms with Crippen molar-refractivity contribution >= 4 is 21.4 Å². The number of likely N-dealkylation sites (N-methyl/N-ethyl adjacent to an activating group) is 1. The van der Waals surface area contributed by atoms with Crippen molar-refractivity contribution in [2.24, 2.45) is 0 Å². The van der Waals surface area contributed by atoms with Crippen molar-refractivity contribution in [3.05, 3.63) is 70.9 Å². The van der Waals surface area contributed by atoms with Crippen LogP contribution in [0.3, 0.4) is 0 Å². The van der Waals surface area contributed by atoms with Crippen LogP contribution in [0.2, 0.25) is 0 Å². The SMILES string of the molecule is CN1CCN(S(=O)(=O)c2ccc(NCc3ccc(-n4ccnc4)nc3)c([N+](=O)[O-])c2)CC1. The summed E-state index contributed by atoms with van der Waals surface area (Å²) in [6.07, 6.45) is 6.74. The molecular formula is C20H23N7O4S. The fraction of sp³-hybridized carbons (Fsp3) is 0.300. The van der Waals surface area contributed by atoms with E-state index in [-0.39, 0.29) is 16.3 Å². The summed E-state index contributed by atoms with van der Waals surface area (Å²) < 4.78 is 29.0. The van der Waals surface area contributed by atoms with Gasteiger partial charge in [-0.25, -0.2) is 18.4 Å². The first kappa shape index (κ1) is 21.9. The van der Waals surface area contributed by atoms with Gasteiger partial charge in [-0.2, -0.15) is 4.31 Å². The lowest BCUT2D eigenvalue weighted by Crippen LogP contribution is -2.47. The summed E-state index contributed by atoms with van der Waals surface area (Å²) in [5.41, 5.74) is 0.770. The average Bonchev–Trinajstić information content (AvgIpc) is 3.33. The molecule has 1 N–H and O–H groups in total. The first-order chi connectivity index (χ1) is 15.3. The number of aromatic nitrogens is 3. The summed E-state index contributed by atoms with van der Waals surface area (Å²) in [4.78, 5) is 21.4. The first-order valence-electron chi connectivity index (χ1n) is 9.99. The van der Waals surface area contributed by atoms with Crippen LogP contribution in [0.1, 0.15) is 5.56 Å². The largest absolute Gasteiger partial charge is 0.375 e. The fourth-order valence-electron chi connectivity index (χ4n) is 3.42. The van der Waals surface area contributed by atoms with E-state index in [4.69, 9.17) is 0 Å². The van der Waals surface area contributed by atoms with E-state index < -0.39 is 14.9 Å². The minimum absolute atomic E-state index is 0.0781. The predicted molar refractivity (Wildman–Crippen MR) is 118 cm³/mol. The monoisotopic (exact) mass is 457 g/mol. The normalized spacial score (nSPS) is 15.5. The van der Waals surface area contributed by atoms with Crippen LogP contribution in [0.15, 0.2) is 60.1 Å². The quantitative estimate of drug-likeness (QED) is 0.420. The molecule has 4 rings (SSSR count). The highest BCUT2D eigenvalue weighted by molar-refractivity contribution is 7.89. The van der Waals surface area contributed by atoms with Gasteiger partial charge in [0, 0.05) is 57.4 Å². The highest BCUT2D eigenvalue weighted by atomic mass is 32.2. The Morgan fingerprint density at radius 1 is 1.16 bits per heavy atom. The van der Waals surface area contributed by atoms with Gasteiger partial charge in [0.25, 0.3) is 5.69 Å². The van der Waals surface area contributed by atoms with Crippen LogP contribution < -0.4 is 5.32 Å². The van der Waals surface area contributed by atoms with Gasteiger partial charge in [-0.15, -0.1) is 0 Å². The third kappa shape index (κ3) is 4.61. The minimum Gasteiger partial charge on any atom is -0.375 e. The number of benzene rings is 1. The van der Waals surface area contributed by atoms with Gasteiger partial charge in [-0.1, -0.05) is 6.07 Å². The molecule has 1 saturated heterocycles. The molecule has 1 aromatic carbocycles. The molecule has 0 radical (unpaired) electrons. The number of nitro benzene ring substituents is 1. The molecule has 0 aliphatic carbocycles. The summed E-state index contributed by atoms with van der Waals surface area (Å²) in [6, 6.07) is 7.64. The molecule has 0 amide bonds. The molecular weight excluding hydrogens is 434 g/mol. The molecule has 2 aromatic heterocycles. The number of hydrogen-bond acceptors (Lipinski definition) is 8. The molecule has 32 heavy (non-hydrogen) atoms. The lowest BCUT2D eigenvalue weighted by atomic mass is 10.2. The van der Waals surface area contributed by atoms with E-state index in [0.29, 0.717) is 38.5 Å². The summed E-state index contributed by atoms with van der Waals surface area (Å²) in [6.45, 7) is 2.25. The topological polar surface area (TPSA) is 126 Å². The zero-order chi connectivity index (χ0) is 22.7. The molecule has 0 spiro atoms. The van der Waals surface area contributed by atoms with E-state index in [1.54, 1.807) is 29.5 Å². The maximum absolute atomic E-state index is 12.9. The molecule has 1 aliphatic rings. The molecule has 0 bridgehead atoms. The van der Waals surface area contributed by atoms with E-state index in [0.717, 1.165) is 11.6 Å². The van der Waals surface area contributed by atoms with Crippen molar-refractivity contribution in [2.45, 2.75) is 11.4 Å². The van der Waals surface area contributed by atoms with Crippen molar-refractivity contribution in [3.8, 4) is 5.82 Å². The van der Waals surface area contributed by atoms with E-state index in [9.17, 15) is 18.5 Å². The Balaban J connectivity index is 1.50. The van der Waals surface area contributed by atoms with Crippen LogP contribution in [0.4, 0.5) is 11.4 Å². The standard InChI is InChI=1S/C20H23N7O4S/c1-24-8-10-26(11-9-24)32(30,31)17-3-4-18(19(12-17)27(28)29)22-13-16-2-5-20(23-14-16)25-7-6-21-15-25/h2-7,12,14-15,22H,8-11,13H2,1H3. The summed E-state index contributed by atoms with van der Waals surface area (Å²) >= 11 is 0. The van der Waals surface area contributed by atoms with Gasteiger partial charge in [-0.3, -0.25) is 14.7 Å². The van der Waals surface area contributed by atoms with Gasteiger partial charge in [0.1, 0.15) is 17.8 Å². The third-order valence-corrected chi connectivity index (χ3v) is 7.22. The fourth-order valence-corrected chi connectivity index (χ4v) is 4.86. The smallest absolute Gasteiger partial charge is 0.293 e. The second kappa shape index (κ2) is 9.02. The molecule has 1 aliphatic heterocycles. The highest BCUT2D eigenvalue weighted by Crippen LogP contribution is 2.29. The number of nitro groups is 1. The summed E-state index contributed by atoms with van der Waals surface area (Å²) in [7, 11) is -1.87. The van der Waals surface area contributed by atoms with Gasteiger partial charge in [-0.05, 0) is 30.8 Å². The van der Waals surface area contributed by atoms with Crippen LogP contribution >= 0.6 is 0 Å². The molecule has 12 heteroatoms. The molecule has 168 valence electrons. The molecule has 3 aromatic rings. The Labute approximate surface area is 185 Å². The Bertz CT molecular complexity index is 1190. The number of nitrogens with one attached hydrogen (secondary N) is 1. The van der Waals surface area contributed by atoms with Crippen LogP contribution in [0, 0.1) is 10.1 Å². The van der Waals surface area contributed by atoms with Crippen molar-refractivity contribution in [1.82, 2.24) is 23.7 Å². The molecule has 11 nitrogen and oxygen atoms in total. The van der Waals surface area contributed by atoms with Crippen LogP contribution in [-0.4, -0.2) is 70.3 Å². The van der Waals surface area contributed by atoms with Crippen molar-refractivity contribution in [3.63, 3.8) is 0 Å². The Morgan fingerprint density at radius 3 is 2.56 bits per heavy atom. The summed E-state index contributed by atoms with van der Waals surface area (Å²) in [5, 5.41) is 14.7. The van der Waals surface area contributed by atoms with Crippen LogP contribution in [0.5, 0.6) is 0 Å². The molecule has 0 saturated carbocycles.